The number of likely N-dealkylation sites (tertiary alicyclic amines) is 1. The highest BCUT2D eigenvalue weighted by atomic mass is 35.5. The summed E-state index contributed by atoms with van der Waals surface area (Å²) in [5.74, 6) is 0.947. The predicted octanol–water partition coefficient (Wildman–Crippen LogP) is 4.10. The third-order valence-electron chi connectivity index (χ3n) is 5.07. The molecule has 4 rings (SSSR count). The third kappa shape index (κ3) is 4.78. The molecule has 0 saturated carbocycles. The molecule has 29 heavy (non-hydrogen) atoms. The summed E-state index contributed by atoms with van der Waals surface area (Å²) in [5, 5.41) is 13.7. The normalized spacial score (nSPS) is 17.2. The van der Waals surface area contributed by atoms with E-state index < -0.39 is 0 Å². The van der Waals surface area contributed by atoms with Crippen molar-refractivity contribution < 1.29 is 14.3 Å². The zero-order valence-corrected chi connectivity index (χ0v) is 16.6. The van der Waals surface area contributed by atoms with Crippen molar-refractivity contribution in [3.8, 4) is 17.1 Å². The molecule has 2 aromatic heterocycles. The van der Waals surface area contributed by atoms with E-state index in [-0.39, 0.29) is 17.7 Å². The molecule has 0 bridgehead atoms. The summed E-state index contributed by atoms with van der Waals surface area (Å²) < 4.78 is 5.72. The van der Waals surface area contributed by atoms with Gasteiger partial charge in [-0.25, -0.2) is 0 Å². The fraction of sp³-hybridized carbons (Fsp3) is 0.273. The van der Waals surface area contributed by atoms with Crippen molar-refractivity contribution in [2.24, 2.45) is 0 Å². The van der Waals surface area contributed by atoms with E-state index in [1.165, 1.54) is 0 Å². The molecule has 1 aromatic carbocycles. The molecule has 0 aliphatic carbocycles. The van der Waals surface area contributed by atoms with E-state index in [0.717, 1.165) is 30.5 Å². The number of piperidine rings is 1. The van der Waals surface area contributed by atoms with E-state index in [4.69, 9.17) is 16.0 Å². The van der Waals surface area contributed by atoms with Gasteiger partial charge in [0.1, 0.15) is 11.5 Å². The molecular weight excluding hydrogens is 390 g/mol. The Morgan fingerprint density at radius 1 is 1.24 bits per heavy atom. The molecule has 1 aliphatic heterocycles. The highest BCUT2D eigenvalue weighted by molar-refractivity contribution is 6.30. The van der Waals surface area contributed by atoms with Gasteiger partial charge in [0.2, 0.25) is 0 Å². The first kappa shape index (κ1) is 19.5. The van der Waals surface area contributed by atoms with Gasteiger partial charge in [-0.3, -0.25) is 14.7 Å². The van der Waals surface area contributed by atoms with Crippen LogP contribution in [0.3, 0.4) is 0 Å². The van der Waals surface area contributed by atoms with Gasteiger partial charge in [0.05, 0.1) is 0 Å². The number of carbonyl (C=O) groups excluding carboxylic acids is 1. The summed E-state index contributed by atoms with van der Waals surface area (Å²) in [6.45, 7) is 2.20. The Balaban J connectivity index is 1.37. The maximum absolute atomic E-state index is 12.6. The molecule has 1 unspecified atom stereocenters. The minimum Gasteiger partial charge on any atom is -0.508 e. The fourth-order valence-corrected chi connectivity index (χ4v) is 3.82. The molecular formula is C22H22ClN3O3. The third-order valence-corrected chi connectivity index (χ3v) is 5.31. The van der Waals surface area contributed by atoms with Crippen LogP contribution in [0.15, 0.2) is 59.3 Å². The Bertz CT molecular complexity index is 990. The van der Waals surface area contributed by atoms with Crippen LogP contribution in [0.4, 0.5) is 0 Å². The highest BCUT2D eigenvalue weighted by Crippen LogP contribution is 2.25. The zero-order valence-electron chi connectivity index (χ0n) is 15.8. The van der Waals surface area contributed by atoms with Crippen molar-refractivity contribution in [3.05, 3.63) is 71.2 Å². The van der Waals surface area contributed by atoms with Gasteiger partial charge in [-0.2, -0.15) is 0 Å². The number of hydrogen-bond donors (Lipinski definition) is 2. The maximum atomic E-state index is 12.6. The second-order valence-electron chi connectivity index (χ2n) is 7.22. The molecule has 7 heteroatoms. The van der Waals surface area contributed by atoms with Crippen LogP contribution in [0, 0.1) is 0 Å². The van der Waals surface area contributed by atoms with Crippen molar-refractivity contribution in [1.29, 1.82) is 0 Å². The van der Waals surface area contributed by atoms with Gasteiger partial charge in [0.25, 0.3) is 5.91 Å². The number of halogens is 1. The lowest BCUT2D eigenvalue weighted by Crippen LogP contribution is -2.47. The Morgan fingerprint density at radius 3 is 2.90 bits per heavy atom. The number of phenols is 1. The monoisotopic (exact) mass is 411 g/mol. The quantitative estimate of drug-likeness (QED) is 0.661. The van der Waals surface area contributed by atoms with Crippen LogP contribution in [0.2, 0.25) is 5.02 Å². The van der Waals surface area contributed by atoms with E-state index >= 15 is 0 Å². The standard InChI is InChI=1S/C22H22ClN3O3/c23-17-3-4-19(27)16(12-17)13-26-11-1-2-18(14-26)25-22(28)21-6-5-20(29-21)15-7-9-24-10-8-15/h3-10,12,18,27H,1-2,11,13-14H2,(H,25,28). The maximum Gasteiger partial charge on any atom is 0.287 e. The number of carbonyl (C=O) groups is 1. The summed E-state index contributed by atoms with van der Waals surface area (Å²) in [6.07, 6.45) is 5.24. The molecule has 3 heterocycles. The number of aromatic hydroxyl groups is 1. The largest absolute Gasteiger partial charge is 0.508 e. The SMILES string of the molecule is O=C(NC1CCCN(Cc2cc(Cl)ccc2O)C1)c1ccc(-c2ccncc2)o1. The second kappa shape index (κ2) is 8.68. The van der Waals surface area contributed by atoms with Gasteiger partial charge in [-0.1, -0.05) is 11.6 Å². The van der Waals surface area contributed by atoms with Crippen LogP contribution < -0.4 is 5.32 Å². The summed E-state index contributed by atoms with van der Waals surface area (Å²) in [5.41, 5.74) is 1.67. The van der Waals surface area contributed by atoms with E-state index in [1.807, 2.05) is 12.1 Å². The van der Waals surface area contributed by atoms with Crippen molar-refractivity contribution >= 4 is 17.5 Å². The van der Waals surface area contributed by atoms with Gasteiger partial charge >= 0.3 is 0 Å². The van der Waals surface area contributed by atoms with Crippen molar-refractivity contribution in [2.75, 3.05) is 13.1 Å². The highest BCUT2D eigenvalue weighted by Gasteiger charge is 2.24. The van der Waals surface area contributed by atoms with E-state index in [9.17, 15) is 9.90 Å². The number of furan rings is 1. The molecule has 1 fully saturated rings. The Morgan fingerprint density at radius 2 is 2.07 bits per heavy atom. The number of benzene rings is 1. The molecule has 0 spiro atoms. The van der Waals surface area contributed by atoms with Crippen LogP contribution in [0.5, 0.6) is 5.75 Å². The van der Waals surface area contributed by atoms with Gasteiger partial charge in [0, 0.05) is 47.7 Å². The van der Waals surface area contributed by atoms with Crippen LogP contribution >= 0.6 is 11.6 Å². The molecule has 150 valence electrons. The number of pyridine rings is 1. The minimum atomic E-state index is -0.220. The van der Waals surface area contributed by atoms with Crippen LogP contribution in [0.25, 0.3) is 11.3 Å². The van der Waals surface area contributed by atoms with Gasteiger partial charge in [0.15, 0.2) is 5.76 Å². The van der Waals surface area contributed by atoms with Crippen LogP contribution in [-0.2, 0) is 6.54 Å². The van der Waals surface area contributed by atoms with Crippen molar-refractivity contribution in [2.45, 2.75) is 25.4 Å². The predicted molar refractivity (Wildman–Crippen MR) is 111 cm³/mol. The van der Waals surface area contributed by atoms with Crippen LogP contribution in [-0.4, -0.2) is 40.0 Å². The minimum absolute atomic E-state index is 0.0204. The molecule has 6 nitrogen and oxygen atoms in total. The number of rotatable bonds is 5. The molecule has 0 radical (unpaired) electrons. The first-order chi connectivity index (χ1) is 14.1. The topological polar surface area (TPSA) is 78.6 Å². The number of hydrogen-bond acceptors (Lipinski definition) is 5. The Labute approximate surface area is 174 Å². The number of aromatic nitrogens is 1. The second-order valence-corrected chi connectivity index (χ2v) is 7.66. The van der Waals surface area contributed by atoms with E-state index in [1.54, 1.807) is 42.7 Å². The lowest BCUT2D eigenvalue weighted by atomic mass is 10.0. The summed E-state index contributed by atoms with van der Waals surface area (Å²) >= 11 is 6.05. The van der Waals surface area contributed by atoms with Gasteiger partial charge < -0.3 is 14.8 Å². The van der Waals surface area contributed by atoms with E-state index in [2.05, 4.69) is 15.2 Å². The summed E-state index contributed by atoms with van der Waals surface area (Å²) in [7, 11) is 0. The molecule has 1 amide bonds. The van der Waals surface area contributed by atoms with E-state index in [0.29, 0.717) is 29.6 Å². The summed E-state index contributed by atoms with van der Waals surface area (Å²) in [4.78, 5) is 18.8. The summed E-state index contributed by atoms with van der Waals surface area (Å²) in [6, 6.07) is 12.2. The first-order valence-electron chi connectivity index (χ1n) is 9.59. The average Bonchev–Trinajstić information content (AvgIpc) is 3.22. The molecule has 1 aliphatic rings. The first-order valence-corrected chi connectivity index (χ1v) is 9.97. The van der Waals surface area contributed by atoms with Crippen LogP contribution in [0.1, 0.15) is 29.0 Å². The number of amides is 1. The number of nitrogens with zero attached hydrogens (tertiary/aromatic N) is 2. The molecule has 2 N–H and O–H groups in total. The smallest absolute Gasteiger partial charge is 0.287 e. The number of nitrogens with one attached hydrogen (secondary N) is 1. The lowest BCUT2D eigenvalue weighted by molar-refractivity contribution is 0.0873. The lowest BCUT2D eigenvalue weighted by Gasteiger charge is -2.33. The molecule has 1 atom stereocenters. The van der Waals surface area contributed by atoms with Crippen molar-refractivity contribution in [1.82, 2.24) is 15.2 Å². The molecule has 3 aromatic rings. The number of phenolic OH excluding ortho intramolecular Hbond substituents is 1. The average molecular weight is 412 g/mol. The zero-order chi connectivity index (χ0) is 20.2. The van der Waals surface area contributed by atoms with Gasteiger partial charge in [-0.05, 0) is 61.9 Å². The Hall–Kier alpha value is -2.83. The molecule has 1 saturated heterocycles. The van der Waals surface area contributed by atoms with Gasteiger partial charge in [-0.15, -0.1) is 0 Å². The Kier molecular flexibility index (Phi) is 5.83. The van der Waals surface area contributed by atoms with Crippen molar-refractivity contribution in [3.63, 3.8) is 0 Å². The fourth-order valence-electron chi connectivity index (χ4n) is 3.63.